The molecule has 0 aliphatic carbocycles. The number of benzene rings is 1. The monoisotopic (exact) mass is 263 g/mol. The van der Waals surface area contributed by atoms with Crippen molar-refractivity contribution in [3.05, 3.63) is 35.9 Å². The highest BCUT2D eigenvalue weighted by molar-refractivity contribution is 5.76. The summed E-state index contributed by atoms with van der Waals surface area (Å²) in [5, 5.41) is 11.3. The van der Waals surface area contributed by atoms with Gasteiger partial charge in [-0.25, -0.2) is 0 Å². The summed E-state index contributed by atoms with van der Waals surface area (Å²) in [7, 11) is 0. The third-order valence-corrected chi connectivity index (χ3v) is 3.70. The summed E-state index contributed by atoms with van der Waals surface area (Å²) >= 11 is 0. The molecule has 2 aliphatic rings. The van der Waals surface area contributed by atoms with Crippen molar-refractivity contribution in [3.63, 3.8) is 0 Å². The molecule has 2 heterocycles. The number of cyclic esters (lactones) is 1. The molecule has 102 valence electrons. The molecule has 0 aromatic heterocycles. The smallest absolute Gasteiger partial charge is 0.325 e. The molecule has 0 spiro atoms. The van der Waals surface area contributed by atoms with Crippen LogP contribution in [0.5, 0.6) is 0 Å². The highest BCUT2D eigenvalue weighted by Crippen LogP contribution is 2.36. The Morgan fingerprint density at radius 3 is 2.74 bits per heavy atom. The molecule has 3 rings (SSSR count). The number of aliphatic hydroxyl groups excluding tert-OH is 1. The fraction of sp³-hybridized carbons (Fsp3) is 0.500. The number of fused-ring (bicyclic) bond motifs is 1. The van der Waals surface area contributed by atoms with E-state index in [1.807, 2.05) is 30.3 Å². The molecule has 0 bridgehead atoms. The quantitative estimate of drug-likeness (QED) is 0.808. The van der Waals surface area contributed by atoms with Crippen LogP contribution < -0.4 is 0 Å². The van der Waals surface area contributed by atoms with Crippen molar-refractivity contribution < 1.29 is 19.5 Å². The van der Waals surface area contributed by atoms with Crippen LogP contribution in [0, 0.1) is 0 Å². The van der Waals surface area contributed by atoms with Gasteiger partial charge >= 0.3 is 5.97 Å². The van der Waals surface area contributed by atoms with E-state index in [4.69, 9.17) is 9.57 Å². The van der Waals surface area contributed by atoms with Gasteiger partial charge in [-0.3, -0.25) is 9.63 Å². The Morgan fingerprint density at radius 2 is 2.05 bits per heavy atom. The Bertz CT molecular complexity index is 462. The number of esters is 1. The minimum Gasteiger partial charge on any atom is -0.462 e. The van der Waals surface area contributed by atoms with Crippen molar-refractivity contribution in [2.24, 2.45) is 0 Å². The van der Waals surface area contributed by atoms with Gasteiger partial charge in [-0.15, -0.1) is 0 Å². The molecule has 0 radical (unpaired) electrons. The molecule has 5 nitrogen and oxygen atoms in total. The standard InChI is InChI=1S/C14H17NO4/c1-9(16)13-7-11-14(17)18-8-12(15(11)19-13)10-5-3-2-4-6-10/h2-6,9,11-13,16H,7-8H2,1H3/t9-,11+,12-,13+/m0/s1. The van der Waals surface area contributed by atoms with Crippen LogP contribution in [0.4, 0.5) is 0 Å². The minimum absolute atomic E-state index is 0.104. The van der Waals surface area contributed by atoms with Gasteiger partial charge in [-0.05, 0) is 12.5 Å². The molecular formula is C14H17NO4. The first-order chi connectivity index (χ1) is 9.16. The molecule has 2 aliphatic heterocycles. The van der Waals surface area contributed by atoms with Crippen LogP contribution in [-0.2, 0) is 14.4 Å². The van der Waals surface area contributed by atoms with Crippen molar-refractivity contribution in [3.8, 4) is 0 Å². The number of hydrogen-bond acceptors (Lipinski definition) is 5. The summed E-state index contributed by atoms with van der Waals surface area (Å²) in [6.45, 7) is 1.96. The number of nitrogens with zero attached hydrogens (tertiary/aromatic N) is 1. The van der Waals surface area contributed by atoms with E-state index in [0.717, 1.165) is 5.56 Å². The summed E-state index contributed by atoms with van der Waals surface area (Å²) in [5.41, 5.74) is 1.05. The number of carbonyl (C=O) groups is 1. The predicted octanol–water partition coefficient (Wildman–Crippen LogP) is 1.04. The number of morpholine rings is 1. The van der Waals surface area contributed by atoms with Crippen molar-refractivity contribution in [1.82, 2.24) is 5.06 Å². The Balaban J connectivity index is 1.86. The van der Waals surface area contributed by atoms with E-state index in [0.29, 0.717) is 6.42 Å². The Kier molecular flexibility index (Phi) is 3.26. The Morgan fingerprint density at radius 1 is 1.32 bits per heavy atom. The maximum absolute atomic E-state index is 11.8. The first kappa shape index (κ1) is 12.6. The van der Waals surface area contributed by atoms with Crippen LogP contribution in [-0.4, -0.2) is 41.0 Å². The van der Waals surface area contributed by atoms with Crippen molar-refractivity contribution in [2.45, 2.75) is 37.6 Å². The van der Waals surface area contributed by atoms with E-state index in [1.165, 1.54) is 0 Å². The van der Waals surface area contributed by atoms with Crippen molar-refractivity contribution in [2.75, 3.05) is 6.61 Å². The zero-order valence-electron chi connectivity index (χ0n) is 10.7. The summed E-state index contributed by atoms with van der Waals surface area (Å²) in [6.07, 6.45) is -0.475. The number of ether oxygens (including phenoxy) is 1. The van der Waals surface area contributed by atoms with E-state index >= 15 is 0 Å². The largest absolute Gasteiger partial charge is 0.462 e. The fourth-order valence-electron chi connectivity index (χ4n) is 2.62. The highest BCUT2D eigenvalue weighted by Gasteiger charge is 2.48. The van der Waals surface area contributed by atoms with Gasteiger partial charge in [0.15, 0.2) is 0 Å². The van der Waals surface area contributed by atoms with Crippen LogP contribution in [0.2, 0.25) is 0 Å². The maximum Gasteiger partial charge on any atom is 0.325 e. The summed E-state index contributed by atoms with van der Waals surface area (Å²) in [5.74, 6) is -0.268. The number of rotatable bonds is 2. The molecule has 4 atom stereocenters. The highest BCUT2D eigenvalue weighted by atomic mass is 16.7. The summed E-state index contributed by atoms with van der Waals surface area (Å²) in [6, 6.07) is 9.29. The van der Waals surface area contributed by atoms with Gasteiger partial charge in [0.1, 0.15) is 18.8 Å². The van der Waals surface area contributed by atoms with Gasteiger partial charge in [-0.2, -0.15) is 5.06 Å². The topological polar surface area (TPSA) is 59.0 Å². The predicted molar refractivity (Wildman–Crippen MR) is 66.9 cm³/mol. The lowest BCUT2D eigenvalue weighted by atomic mass is 10.0. The SMILES string of the molecule is C[C@H](O)[C@H]1C[C@@H]2C(=O)OC[C@@H](c3ccccc3)N2O1. The summed E-state index contributed by atoms with van der Waals surface area (Å²) < 4.78 is 5.24. The number of hydrogen-bond donors (Lipinski definition) is 1. The van der Waals surface area contributed by atoms with E-state index in [1.54, 1.807) is 12.0 Å². The van der Waals surface area contributed by atoms with E-state index in [-0.39, 0.29) is 24.7 Å². The molecule has 2 saturated heterocycles. The number of carbonyl (C=O) groups excluding carboxylic acids is 1. The average molecular weight is 263 g/mol. The lowest BCUT2D eigenvalue weighted by molar-refractivity contribution is -0.236. The third-order valence-electron chi connectivity index (χ3n) is 3.70. The van der Waals surface area contributed by atoms with Crippen LogP contribution in [0.1, 0.15) is 24.9 Å². The first-order valence-corrected chi connectivity index (χ1v) is 6.51. The molecule has 1 aromatic carbocycles. The zero-order valence-corrected chi connectivity index (χ0v) is 10.7. The lowest BCUT2D eigenvalue weighted by Gasteiger charge is -2.34. The van der Waals surface area contributed by atoms with Gasteiger partial charge in [0.25, 0.3) is 0 Å². The molecule has 0 unspecified atom stereocenters. The number of aliphatic hydroxyl groups is 1. The van der Waals surface area contributed by atoms with E-state index in [9.17, 15) is 9.90 Å². The van der Waals surface area contributed by atoms with E-state index in [2.05, 4.69) is 0 Å². The van der Waals surface area contributed by atoms with Gasteiger partial charge in [0.05, 0.1) is 12.1 Å². The van der Waals surface area contributed by atoms with Gasteiger partial charge in [0, 0.05) is 6.42 Å². The van der Waals surface area contributed by atoms with E-state index < -0.39 is 12.1 Å². The number of hydroxylamine groups is 2. The third kappa shape index (κ3) is 2.25. The zero-order chi connectivity index (χ0) is 13.4. The maximum atomic E-state index is 11.8. The Labute approximate surface area is 111 Å². The summed E-state index contributed by atoms with van der Waals surface area (Å²) in [4.78, 5) is 17.5. The van der Waals surface area contributed by atoms with Crippen molar-refractivity contribution in [1.29, 1.82) is 0 Å². The van der Waals surface area contributed by atoms with Gasteiger partial charge in [0.2, 0.25) is 0 Å². The molecule has 0 saturated carbocycles. The lowest BCUT2D eigenvalue weighted by Crippen LogP contribution is -2.46. The molecule has 1 N–H and O–H groups in total. The minimum atomic E-state index is -0.602. The fourth-order valence-corrected chi connectivity index (χ4v) is 2.62. The molecule has 19 heavy (non-hydrogen) atoms. The molecule has 2 fully saturated rings. The molecule has 0 amide bonds. The average Bonchev–Trinajstić information content (AvgIpc) is 2.86. The molecular weight excluding hydrogens is 246 g/mol. The molecule has 1 aromatic rings. The second-order valence-corrected chi connectivity index (χ2v) is 5.05. The second-order valence-electron chi connectivity index (χ2n) is 5.05. The van der Waals surface area contributed by atoms with Crippen LogP contribution in [0.3, 0.4) is 0 Å². The first-order valence-electron chi connectivity index (χ1n) is 6.51. The van der Waals surface area contributed by atoms with Crippen LogP contribution in [0.25, 0.3) is 0 Å². The Hall–Kier alpha value is -1.43. The van der Waals surface area contributed by atoms with Gasteiger partial charge < -0.3 is 9.84 Å². The molecule has 5 heteroatoms. The van der Waals surface area contributed by atoms with Gasteiger partial charge in [-0.1, -0.05) is 30.3 Å². The van der Waals surface area contributed by atoms with Crippen molar-refractivity contribution >= 4 is 5.97 Å². The normalized spacial score (nSPS) is 32.7. The van der Waals surface area contributed by atoms with Crippen LogP contribution in [0.15, 0.2) is 30.3 Å². The second kappa shape index (κ2) is 4.92. The van der Waals surface area contributed by atoms with Crippen LogP contribution >= 0.6 is 0 Å².